The van der Waals surface area contributed by atoms with Gasteiger partial charge in [0.1, 0.15) is 0 Å². The van der Waals surface area contributed by atoms with Gasteiger partial charge in [-0.3, -0.25) is 4.79 Å². The van der Waals surface area contributed by atoms with E-state index in [1.807, 2.05) is 30.3 Å². The third-order valence-electron chi connectivity index (χ3n) is 2.21. The smallest absolute Gasteiger partial charge is 0.234 e. The molecule has 1 aromatic rings. The average Bonchev–Trinajstić information content (AvgIpc) is 2.30. The summed E-state index contributed by atoms with van der Waals surface area (Å²) in [4.78, 5) is 11.5. The zero-order valence-electron chi connectivity index (χ0n) is 9.69. The largest absolute Gasteiger partial charge is 0.382 e. The molecule has 0 aliphatic rings. The lowest BCUT2D eigenvalue weighted by atomic mass is 10.1. The monoisotopic (exact) mass is 222 g/mol. The van der Waals surface area contributed by atoms with Gasteiger partial charge in [-0.15, -0.1) is 0 Å². The molecule has 1 atom stereocenters. The van der Waals surface area contributed by atoms with Gasteiger partial charge in [-0.2, -0.15) is 0 Å². The van der Waals surface area contributed by atoms with Crippen molar-refractivity contribution >= 4 is 5.91 Å². The summed E-state index contributed by atoms with van der Waals surface area (Å²) in [5, 5.41) is 5.72. The van der Waals surface area contributed by atoms with E-state index >= 15 is 0 Å². The molecule has 0 spiro atoms. The molecule has 4 heteroatoms. The Bertz CT molecular complexity index is 314. The van der Waals surface area contributed by atoms with Crippen LogP contribution >= 0.6 is 0 Å². The van der Waals surface area contributed by atoms with E-state index in [9.17, 15) is 4.79 Å². The first-order chi connectivity index (χ1) is 7.77. The number of carbonyl (C=O) groups excluding carboxylic acids is 1. The number of ether oxygens (including phenoxy) is 1. The van der Waals surface area contributed by atoms with Crippen LogP contribution in [0.1, 0.15) is 11.6 Å². The molecule has 1 unspecified atom stereocenters. The van der Waals surface area contributed by atoms with E-state index in [0.717, 1.165) is 5.56 Å². The quantitative estimate of drug-likeness (QED) is 0.745. The van der Waals surface area contributed by atoms with Crippen LogP contribution < -0.4 is 10.6 Å². The molecule has 4 nitrogen and oxygen atoms in total. The van der Waals surface area contributed by atoms with Crippen LogP contribution in [0.5, 0.6) is 0 Å². The van der Waals surface area contributed by atoms with Crippen molar-refractivity contribution in [2.24, 2.45) is 0 Å². The Morgan fingerprint density at radius 1 is 1.38 bits per heavy atom. The van der Waals surface area contributed by atoms with Gasteiger partial charge in [0.25, 0.3) is 0 Å². The standard InChI is InChI=1S/C12H18N2O2/c1-13-8-12(15)14-11(9-16-2)10-6-4-3-5-7-10/h3-7,11,13H,8-9H2,1-2H3,(H,14,15). The van der Waals surface area contributed by atoms with Crippen molar-refractivity contribution in [2.75, 3.05) is 27.3 Å². The minimum absolute atomic E-state index is 0.0339. The van der Waals surface area contributed by atoms with Gasteiger partial charge in [-0.1, -0.05) is 30.3 Å². The Morgan fingerprint density at radius 3 is 2.62 bits per heavy atom. The second kappa shape index (κ2) is 6.98. The highest BCUT2D eigenvalue weighted by molar-refractivity contribution is 5.78. The van der Waals surface area contributed by atoms with E-state index in [4.69, 9.17) is 4.74 Å². The number of benzene rings is 1. The molecule has 1 rings (SSSR count). The number of nitrogens with one attached hydrogen (secondary N) is 2. The van der Waals surface area contributed by atoms with Crippen molar-refractivity contribution in [3.8, 4) is 0 Å². The van der Waals surface area contributed by atoms with E-state index in [2.05, 4.69) is 10.6 Å². The highest BCUT2D eigenvalue weighted by Gasteiger charge is 2.13. The molecule has 16 heavy (non-hydrogen) atoms. The normalized spacial score (nSPS) is 12.1. The Labute approximate surface area is 96.0 Å². The van der Waals surface area contributed by atoms with Crippen molar-refractivity contribution in [1.82, 2.24) is 10.6 Å². The summed E-state index contributed by atoms with van der Waals surface area (Å²) in [6, 6.07) is 9.70. The van der Waals surface area contributed by atoms with Crippen LogP contribution in [0.15, 0.2) is 30.3 Å². The molecular formula is C12H18N2O2. The molecule has 1 amide bonds. The summed E-state index contributed by atoms with van der Waals surface area (Å²) in [7, 11) is 3.37. The molecule has 0 bridgehead atoms. The van der Waals surface area contributed by atoms with Gasteiger partial charge in [0.15, 0.2) is 0 Å². The highest BCUT2D eigenvalue weighted by Crippen LogP contribution is 2.12. The fraction of sp³-hybridized carbons (Fsp3) is 0.417. The molecule has 0 aliphatic carbocycles. The summed E-state index contributed by atoms with van der Waals surface area (Å²) in [5.41, 5.74) is 1.05. The maximum Gasteiger partial charge on any atom is 0.234 e. The first-order valence-electron chi connectivity index (χ1n) is 5.25. The Hall–Kier alpha value is -1.39. The lowest BCUT2D eigenvalue weighted by Gasteiger charge is -2.18. The topological polar surface area (TPSA) is 50.4 Å². The van der Waals surface area contributed by atoms with Gasteiger partial charge in [0.05, 0.1) is 19.2 Å². The van der Waals surface area contributed by atoms with Crippen LogP contribution in [0.4, 0.5) is 0 Å². The SMILES string of the molecule is CNCC(=O)NC(COC)c1ccccc1. The van der Waals surface area contributed by atoms with E-state index in [1.165, 1.54) is 0 Å². The van der Waals surface area contributed by atoms with E-state index in [1.54, 1.807) is 14.2 Å². The van der Waals surface area contributed by atoms with E-state index < -0.39 is 0 Å². The van der Waals surface area contributed by atoms with Crippen LogP contribution in [-0.4, -0.2) is 33.2 Å². The molecule has 88 valence electrons. The average molecular weight is 222 g/mol. The number of carbonyl (C=O) groups is 1. The third kappa shape index (κ3) is 4.00. The van der Waals surface area contributed by atoms with Crippen molar-refractivity contribution in [1.29, 1.82) is 0 Å². The maximum absolute atomic E-state index is 11.5. The number of hydrogen-bond acceptors (Lipinski definition) is 3. The van der Waals surface area contributed by atoms with Gasteiger partial charge >= 0.3 is 0 Å². The maximum atomic E-state index is 11.5. The van der Waals surface area contributed by atoms with Crippen molar-refractivity contribution < 1.29 is 9.53 Å². The molecule has 0 saturated heterocycles. The molecule has 1 aromatic carbocycles. The lowest BCUT2D eigenvalue weighted by Crippen LogP contribution is -2.36. The Kier molecular flexibility index (Phi) is 5.53. The fourth-order valence-electron chi connectivity index (χ4n) is 1.48. The summed E-state index contributed by atoms with van der Waals surface area (Å²) in [6.07, 6.45) is 0. The predicted octanol–water partition coefficient (Wildman–Crippen LogP) is 0.710. The molecule has 0 aromatic heterocycles. The molecule has 0 radical (unpaired) electrons. The molecule has 0 heterocycles. The van der Waals surface area contributed by atoms with Crippen LogP contribution in [0.3, 0.4) is 0 Å². The van der Waals surface area contributed by atoms with Crippen LogP contribution in [-0.2, 0) is 9.53 Å². The van der Waals surface area contributed by atoms with Crippen LogP contribution in [0.25, 0.3) is 0 Å². The number of hydrogen-bond donors (Lipinski definition) is 2. The minimum atomic E-state index is -0.0907. The molecule has 2 N–H and O–H groups in total. The summed E-state index contributed by atoms with van der Waals surface area (Å²) in [5.74, 6) is -0.0339. The van der Waals surface area contributed by atoms with E-state index in [-0.39, 0.29) is 11.9 Å². The van der Waals surface area contributed by atoms with Crippen molar-refractivity contribution in [2.45, 2.75) is 6.04 Å². The zero-order valence-corrected chi connectivity index (χ0v) is 9.69. The van der Waals surface area contributed by atoms with Gasteiger partial charge in [0.2, 0.25) is 5.91 Å². The Balaban J connectivity index is 2.64. The second-order valence-electron chi connectivity index (χ2n) is 3.52. The van der Waals surface area contributed by atoms with E-state index in [0.29, 0.717) is 13.2 Å². The minimum Gasteiger partial charge on any atom is -0.382 e. The summed E-state index contributed by atoms with van der Waals surface area (Å²) >= 11 is 0. The number of amides is 1. The van der Waals surface area contributed by atoms with Gasteiger partial charge < -0.3 is 15.4 Å². The molecular weight excluding hydrogens is 204 g/mol. The first-order valence-corrected chi connectivity index (χ1v) is 5.25. The van der Waals surface area contributed by atoms with Gasteiger partial charge in [0, 0.05) is 7.11 Å². The first kappa shape index (κ1) is 12.7. The lowest BCUT2D eigenvalue weighted by molar-refractivity contribution is -0.121. The van der Waals surface area contributed by atoms with Gasteiger partial charge in [-0.25, -0.2) is 0 Å². The predicted molar refractivity (Wildman–Crippen MR) is 63.1 cm³/mol. The van der Waals surface area contributed by atoms with Crippen LogP contribution in [0, 0.1) is 0 Å². The highest BCUT2D eigenvalue weighted by atomic mass is 16.5. The fourth-order valence-corrected chi connectivity index (χ4v) is 1.48. The zero-order chi connectivity index (χ0) is 11.8. The summed E-state index contributed by atoms with van der Waals surface area (Å²) in [6.45, 7) is 0.784. The summed E-state index contributed by atoms with van der Waals surface area (Å²) < 4.78 is 5.10. The van der Waals surface area contributed by atoms with Crippen molar-refractivity contribution in [3.63, 3.8) is 0 Å². The second-order valence-corrected chi connectivity index (χ2v) is 3.52. The molecule has 0 saturated carbocycles. The molecule has 0 fully saturated rings. The Morgan fingerprint density at radius 2 is 2.06 bits per heavy atom. The number of rotatable bonds is 6. The van der Waals surface area contributed by atoms with Gasteiger partial charge in [-0.05, 0) is 12.6 Å². The third-order valence-corrected chi connectivity index (χ3v) is 2.21. The van der Waals surface area contributed by atoms with Crippen molar-refractivity contribution in [3.05, 3.63) is 35.9 Å². The van der Waals surface area contributed by atoms with Crippen LogP contribution in [0.2, 0.25) is 0 Å². The number of methoxy groups -OCH3 is 1. The molecule has 0 aliphatic heterocycles. The number of likely N-dealkylation sites (N-methyl/N-ethyl adjacent to an activating group) is 1.